The van der Waals surface area contributed by atoms with E-state index in [-0.39, 0.29) is 11.2 Å². The van der Waals surface area contributed by atoms with Crippen molar-refractivity contribution in [2.75, 3.05) is 5.73 Å². The topological polar surface area (TPSA) is 67.7 Å². The van der Waals surface area contributed by atoms with Gasteiger partial charge < -0.3 is 10.3 Å². The Morgan fingerprint density at radius 3 is 2.50 bits per heavy atom. The van der Waals surface area contributed by atoms with Crippen LogP contribution in [0.15, 0.2) is 12.3 Å². The fraction of sp³-hybridized carbons (Fsp3) is 0.500. The molecule has 0 aliphatic heterocycles. The molecule has 0 bridgehead atoms. The van der Waals surface area contributed by atoms with E-state index in [4.69, 9.17) is 11.1 Å². The molecule has 12 heavy (non-hydrogen) atoms. The molecular formula is C8H14N4. The predicted octanol–water partition coefficient (Wildman–Crippen LogP) is 0.700. The van der Waals surface area contributed by atoms with Crippen LogP contribution in [0.25, 0.3) is 0 Å². The van der Waals surface area contributed by atoms with E-state index in [0.717, 1.165) is 0 Å². The molecule has 4 heteroatoms. The Hall–Kier alpha value is -1.32. The summed E-state index contributed by atoms with van der Waals surface area (Å²) in [6, 6.07) is 1.70. The molecule has 0 fully saturated rings. The average Bonchev–Trinajstić information content (AvgIpc) is 1.83. The zero-order valence-corrected chi connectivity index (χ0v) is 7.63. The molecule has 0 aliphatic rings. The van der Waals surface area contributed by atoms with E-state index >= 15 is 0 Å². The molecular weight excluding hydrogens is 152 g/mol. The molecule has 0 amide bonds. The fourth-order valence-corrected chi connectivity index (χ4v) is 0.976. The lowest BCUT2D eigenvalue weighted by Crippen LogP contribution is -2.35. The number of hydrogen-bond donors (Lipinski definition) is 2. The summed E-state index contributed by atoms with van der Waals surface area (Å²) in [6.07, 6.45) is 1.78. The van der Waals surface area contributed by atoms with Gasteiger partial charge in [-0.25, -0.2) is 0 Å². The first-order chi connectivity index (χ1) is 5.41. The summed E-state index contributed by atoms with van der Waals surface area (Å²) in [6.45, 7) is 6.05. The van der Waals surface area contributed by atoms with E-state index < -0.39 is 0 Å². The van der Waals surface area contributed by atoms with E-state index in [1.165, 1.54) is 0 Å². The molecule has 0 unspecified atom stereocenters. The van der Waals surface area contributed by atoms with Gasteiger partial charge in [0.25, 0.3) is 0 Å². The number of nitrogens with zero attached hydrogens (tertiary/aromatic N) is 2. The Bertz CT molecular complexity index is 332. The van der Waals surface area contributed by atoms with Gasteiger partial charge >= 0.3 is 0 Å². The highest BCUT2D eigenvalue weighted by atomic mass is 15.1. The number of hydrogen-bond acceptors (Lipinski definition) is 3. The van der Waals surface area contributed by atoms with Gasteiger partial charge in [-0.1, -0.05) is 0 Å². The number of rotatable bonds is 0. The zero-order valence-electron chi connectivity index (χ0n) is 7.63. The van der Waals surface area contributed by atoms with Crippen LogP contribution in [0.4, 0.5) is 5.82 Å². The van der Waals surface area contributed by atoms with Gasteiger partial charge in [-0.15, -0.1) is 0 Å². The van der Waals surface area contributed by atoms with Crippen LogP contribution in [-0.4, -0.2) is 9.55 Å². The highest BCUT2D eigenvalue weighted by molar-refractivity contribution is 5.23. The molecule has 0 spiro atoms. The first-order valence-corrected chi connectivity index (χ1v) is 3.81. The number of aromatic nitrogens is 2. The first kappa shape index (κ1) is 8.77. The van der Waals surface area contributed by atoms with Crippen LogP contribution in [0.3, 0.4) is 0 Å². The third-order valence-corrected chi connectivity index (χ3v) is 1.58. The highest BCUT2D eigenvalue weighted by Gasteiger charge is 2.12. The molecule has 0 saturated heterocycles. The lowest BCUT2D eigenvalue weighted by molar-refractivity contribution is 0.371. The summed E-state index contributed by atoms with van der Waals surface area (Å²) >= 11 is 0. The van der Waals surface area contributed by atoms with Crippen LogP contribution in [-0.2, 0) is 5.54 Å². The minimum absolute atomic E-state index is 0.113. The van der Waals surface area contributed by atoms with Gasteiger partial charge in [-0.05, 0) is 26.8 Å². The average molecular weight is 166 g/mol. The molecule has 1 aromatic rings. The number of nitrogens with one attached hydrogen (secondary N) is 1. The van der Waals surface area contributed by atoms with Gasteiger partial charge in [0, 0.05) is 11.7 Å². The Balaban J connectivity index is 3.29. The first-order valence-electron chi connectivity index (χ1n) is 3.81. The van der Waals surface area contributed by atoms with Crippen LogP contribution < -0.4 is 11.4 Å². The van der Waals surface area contributed by atoms with Crippen molar-refractivity contribution in [3.63, 3.8) is 0 Å². The molecule has 66 valence electrons. The largest absolute Gasteiger partial charge is 0.384 e. The Morgan fingerprint density at radius 1 is 1.50 bits per heavy atom. The van der Waals surface area contributed by atoms with Gasteiger partial charge in [0.05, 0.1) is 0 Å². The van der Waals surface area contributed by atoms with Crippen molar-refractivity contribution in [2.45, 2.75) is 26.3 Å². The van der Waals surface area contributed by atoms with Crippen molar-refractivity contribution in [1.82, 2.24) is 9.55 Å². The summed E-state index contributed by atoms with van der Waals surface area (Å²) in [4.78, 5) is 3.85. The van der Waals surface area contributed by atoms with Crippen molar-refractivity contribution >= 4 is 5.82 Å². The van der Waals surface area contributed by atoms with E-state index in [2.05, 4.69) is 4.98 Å². The van der Waals surface area contributed by atoms with Crippen molar-refractivity contribution in [1.29, 1.82) is 5.41 Å². The summed E-state index contributed by atoms with van der Waals surface area (Å²) in [7, 11) is 0. The lowest BCUT2D eigenvalue weighted by Gasteiger charge is -2.22. The van der Waals surface area contributed by atoms with E-state index in [9.17, 15) is 0 Å². The molecule has 0 atom stereocenters. The summed E-state index contributed by atoms with van der Waals surface area (Å²) < 4.78 is 1.77. The summed E-state index contributed by atoms with van der Waals surface area (Å²) in [5.74, 6) is 0.389. The smallest absolute Gasteiger partial charge is 0.224 e. The number of nitrogen functional groups attached to an aromatic ring is 1. The van der Waals surface area contributed by atoms with Gasteiger partial charge in [-0.3, -0.25) is 5.41 Å². The minimum atomic E-state index is -0.113. The number of anilines is 1. The molecule has 0 saturated carbocycles. The van der Waals surface area contributed by atoms with Crippen LogP contribution in [0.2, 0.25) is 0 Å². The fourth-order valence-electron chi connectivity index (χ4n) is 0.976. The second-order valence-corrected chi connectivity index (χ2v) is 3.72. The quantitative estimate of drug-likeness (QED) is 0.595. The second kappa shape index (κ2) is 2.62. The van der Waals surface area contributed by atoms with Crippen molar-refractivity contribution < 1.29 is 0 Å². The zero-order chi connectivity index (χ0) is 9.35. The molecule has 4 nitrogen and oxygen atoms in total. The van der Waals surface area contributed by atoms with Crippen LogP contribution in [0.1, 0.15) is 20.8 Å². The Kier molecular flexibility index (Phi) is 1.92. The van der Waals surface area contributed by atoms with E-state index in [1.54, 1.807) is 16.8 Å². The Morgan fingerprint density at radius 2 is 2.08 bits per heavy atom. The van der Waals surface area contributed by atoms with Crippen LogP contribution in [0.5, 0.6) is 0 Å². The molecule has 1 aromatic heterocycles. The summed E-state index contributed by atoms with van der Waals surface area (Å²) in [5, 5.41) is 7.54. The molecule has 0 aliphatic carbocycles. The molecule has 3 N–H and O–H groups in total. The Labute approximate surface area is 71.6 Å². The lowest BCUT2D eigenvalue weighted by atomic mass is 10.1. The SMILES string of the molecule is CC(C)(C)n1ccc(N)nc1=N. The molecule has 1 heterocycles. The third-order valence-electron chi connectivity index (χ3n) is 1.58. The highest BCUT2D eigenvalue weighted by Crippen LogP contribution is 2.09. The van der Waals surface area contributed by atoms with E-state index in [1.807, 2.05) is 20.8 Å². The van der Waals surface area contributed by atoms with Crippen LogP contribution >= 0.6 is 0 Å². The second-order valence-electron chi connectivity index (χ2n) is 3.72. The predicted molar refractivity (Wildman–Crippen MR) is 47.5 cm³/mol. The summed E-state index contributed by atoms with van der Waals surface area (Å²) in [5.41, 5.74) is 5.51. The maximum absolute atomic E-state index is 7.54. The van der Waals surface area contributed by atoms with Crippen molar-refractivity contribution in [3.05, 3.63) is 17.9 Å². The maximum Gasteiger partial charge on any atom is 0.224 e. The third kappa shape index (κ3) is 1.64. The number of nitrogens with two attached hydrogens (primary N) is 1. The standard InChI is InChI=1S/C8H14N4/c1-8(2,3)12-5-4-6(9)11-7(12)10/h4-5H,1-3H3,(H3,9,10,11). The maximum atomic E-state index is 7.54. The molecule has 0 radical (unpaired) electrons. The van der Waals surface area contributed by atoms with Gasteiger partial charge in [0.2, 0.25) is 5.62 Å². The monoisotopic (exact) mass is 166 g/mol. The van der Waals surface area contributed by atoms with E-state index in [0.29, 0.717) is 5.82 Å². The normalized spacial score (nSPS) is 11.6. The van der Waals surface area contributed by atoms with Crippen LogP contribution in [0, 0.1) is 5.41 Å². The minimum Gasteiger partial charge on any atom is -0.384 e. The van der Waals surface area contributed by atoms with Crippen molar-refractivity contribution in [2.24, 2.45) is 0 Å². The van der Waals surface area contributed by atoms with Crippen molar-refractivity contribution in [3.8, 4) is 0 Å². The van der Waals surface area contributed by atoms with Gasteiger partial charge in [-0.2, -0.15) is 4.98 Å². The molecule has 0 aromatic carbocycles. The molecule has 1 rings (SSSR count). The van der Waals surface area contributed by atoms with Gasteiger partial charge in [0.15, 0.2) is 0 Å². The van der Waals surface area contributed by atoms with Gasteiger partial charge in [0.1, 0.15) is 5.82 Å².